The van der Waals surface area contributed by atoms with Crippen LogP contribution in [0.2, 0.25) is 0 Å². The highest BCUT2D eigenvalue weighted by Gasteiger charge is 2.52. The lowest BCUT2D eigenvalue weighted by Gasteiger charge is -2.36. The van der Waals surface area contributed by atoms with Gasteiger partial charge in [0.05, 0.1) is 24.9 Å². The van der Waals surface area contributed by atoms with E-state index in [9.17, 15) is 9.59 Å². The Bertz CT molecular complexity index is 829. The minimum atomic E-state index is -0.745. The third kappa shape index (κ3) is 4.35. The summed E-state index contributed by atoms with van der Waals surface area (Å²) < 4.78 is 22.8. The van der Waals surface area contributed by atoms with E-state index in [0.29, 0.717) is 6.42 Å². The van der Waals surface area contributed by atoms with Crippen molar-refractivity contribution in [3.8, 4) is 0 Å². The Morgan fingerprint density at radius 2 is 1.70 bits per heavy atom. The molecule has 1 aromatic rings. The van der Waals surface area contributed by atoms with E-state index in [-0.39, 0.29) is 6.54 Å². The maximum absolute atomic E-state index is 12.7. The van der Waals surface area contributed by atoms with Crippen LogP contribution in [0.4, 0.5) is 4.79 Å². The van der Waals surface area contributed by atoms with Crippen molar-refractivity contribution < 1.29 is 28.4 Å². The van der Waals surface area contributed by atoms with Gasteiger partial charge >= 0.3 is 19.2 Å². The van der Waals surface area contributed by atoms with Gasteiger partial charge in [0.25, 0.3) is 0 Å². The van der Waals surface area contributed by atoms with Crippen LogP contribution in [0.3, 0.4) is 0 Å². The summed E-state index contributed by atoms with van der Waals surface area (Å²) in [5.74, 6) is -0.465. The standard InChI is InChI=1S/C22H32BNO6/c1-20(2,3)28-19(26)24-13-14-9-10-16(11-15(14)12-17(24)18(25)27-8)23-29-21(4,5)22(6,7)30-23/h9-11,17H,12-13H2,1-8H3. The molecule has 1 saturated heterocycles. The van der Waals surface area contributed by atoms with E-state index in [1.165, 1.54) is 12.0 Å². The molecule has 1 aromatic carbocycles. The van der Waals surface area contributed by atoms with Crippen LogP contribution in [-0.4, -0.2) is 54.0 Å². The fourth-order valence-corrected chi connectivity index (χ4v) is 3.59. The van der Waals surface area contributed by atoms with Gasteiger partial charge in [0.1, 0.15) is 11.6 Å². The number of rotatable bonds is 2. The number of methoxy groups -OCH3 is 1. The first-order valence-corrected chi connectivity index (χ1v) is 10.3. The molecule has 1 amide bonds. The van der Waals surface area contributed by atoms with Crippen LogP contribution in [0.5, 0.6) is 0 Å². The maximum atomic E-state index is 12.7. The number of fused-ring (bicyclic) bond motifs is 1. The van der Waals surface area contributed by atoms with Gasteiger partial charge in [0.2, 0.25) is 0 Å². The van der Waals surface area contributed by atoms with Gasteiger partial charge in [-0.2, -0.15) is 0 Å². The number of ether oxygens (including phenoxy) is 2. The van der Waals surface area contributed by atoms with E-state index < -0.39 is 42.0 Å². The Balaban J connectivity index is 1.88. The summed E-state index contributed by atoms with van der Waals surface area (Å²) in [6.45, 7) is 13.7. The summed E-state index contributed by atoms with van der Waals surface area (Å²) in [6.07, 6.45) is -0.187. The van der Waals surface area contributed by atoms with Gasteiger partial charge in [-0.05, 0) is 65.1 Å². The number of amides is 1. The molecule has 2 aliphatic heterocycles. The fourth-order valence-electron chi connectivity index (χ4n) is 3.59. The van der Waals surface area contributed by atoms with Gasteiger partial charge < -0.3 is 18.8 Å². The van der Waals surface area contributed by atoms with Crippen molar-refractivity contribution >= 4 is 24.6 Å². The van der Waals surface area contributed by atoms with Crippen molar-refractivity contribution in [1.29, 1.82) is 0 Å². The summed E-state index contributed by atoms with van der Waals surface area (Å²) in [7, 11) is 0.840. The molecule has 2 heterocycles. The summed E-state index contributed by atoms with van der Waals surface area (Å²) in [6, 6.07) is 5.17. The number of carbonyl (C=O) groups is 2. The topological polar surface area (TPSA) is 74.3 Å². The third-order valence-corrected chi connectivity index (χ3v) is 5.99. The second-order valence-corrected chi connectivity index (χ2v) is 9.97. The second-order valence-electron chi connectivity index (χ2n) is 9.97. The number of hydrogen-bond acceptors (Lipinski definition) is 6. The molecule has 3 rings (SSSR count). The van der Waals surface area contributed by atoms with Crippen LogP contribution < -0.4 is 5.46 Å². The lowest BCUT2D eigenvalue weighted by atomic mass is 9.76. The third-order valence-electron chi connectivity index (χ3n) is 5.99. The van der Waals surface area contributed by atoms with E-state index in [1.807, 2.05) is 45.9 Å². The zero-order valence-corrected chi connectivity index (χ0v) is 19.2. The SMILES string of the molecule is COC(=O)C1Cc2cc(B3OC(C)(C)C(C)(C)O3)ccc2CN1C(=O)OC(C)(C)C. The van der Waals surface area contributed by atoms with E-state index in [0.717, 1.165) is 16.6 Å². The Morgan fingerprint density at radius 3 is 2.23 bits per heavy atom. The molecule has 0 bridgehead atoms. The number of esters is 1. The average molecular weight is 417 g/mol. The predicted molar refractivity (Wildman–Crippen MR) is 113 cm³/mol. The highest BCUT2D eigenvalue weighted by atomic mass is 16.7. The summed E-state index contributed by atoms with van der Waals surface area (Å²) in [5, 5.41) is 0. The van der Waals surface area contributed by atoms with Crippen LogP contribution in [-0.2, 0) is 36.5 Å². The molecule has 7 nitrogen and oxygen atoms in total. The molecule has 0 aromatic heterocycles. The Hall–Kier alpha value is -2.06. The monoisotopic (exact) mass is 417 g/mol. The predicted octanol–water partition coefficient (Wildman–Crippen LogP) is 2.82. The van der Waals surface area contributed by atoms with Crippen molar-refractivity contribution in [2.75, 3.05) is 7.11 Å². The van der Waals surface area contributed by atoms with Gasteiger partial charge in [-0.1, -0.05) is 18.2 Å². The van der Waals surface area contributed by atoms with Crippen LogP contribution in [0.1, 0.15) is 59.6 Å². The van der Waals surface area contributed by atoms with Crippen molar-refractivity contribution in [2.24, 2.45) is 0 Å². The molecule has 1 fully saturated rings. The van der Waals surface area contributed by atoms with E-state index in [2.05, 4.69) is 0 Å². The molecule has 0 N–H and O–H groups in total. The molecule has 0 saturated carbocycles. The Kier molecular flexibility index (Phi) is 5.71. The van der Waals surface area contributed by atoms with Gasteiger partial charge in [-0.25, -0.2) is 9.59 Å². The molecule has 30 heavy (non-hydrogen) atoms. The zero-order chi connectivity index (χ0) is 22.5. The molecule has 0 aliphatic carbocycles. The van der Waals surface area contributed by atoms with Crippen molar-refractivity contribution in [3.63, 3.8) is 0 Å². The highest BCUT2D eigenvalue weighted by molar-refractivity contribution is 6.62. The smallest absolute Gasteiger partial charge is 0.467 e. The molecular formula is C22H32BNO6. The Labute approximate surface area is 179 Å². The average Bonchev–Trinajstić information content (AvgIpc) is 2.85. The van der Waals surface area contributed by atoms with Crippen molar-refractivity contribution in [1.82, 2.24) is 4.90 Å². The summed E-state index contributed by atoms with van der Waals surface area (Å²) in [4.78, 5) is 26.6. The van der Waals surface area contributed by atoms with Gasteiger partial charge in [0.15, 0.2) is 0 Å². The molecule has 1 unspecified atom stereocenters. The van der Waals surface area contributed by atoms with Crippen LogP contribution in [0.25, 0.3) is 0 Å². The number of hydrogen-bond donors (Lipinski definition) is 0. The highest BCUT2D eigenvalue weighted by Crippen LogP contribution is 2.37. The van der Waals surface area contributed by atoms with E-state index >= 15 is 0 Å². The first kappa shape index (κ1) is 22.6. The molecule has 8 heteroatoms. The normalized spacial score (nSPS) is 22.5. The maximum Gasteiger partial charge on any atom is 0.494 e. The molecular weight excluding hydrogens is 385 g/mol. The van der Waals surface area contributed by atoms with Crippen molar-refractivity contribution in [2.45, 2.75) is 84.3 Å². The number of nitrogens with zero attached hydrogens (tertiary/aromatic N) is 1. The first-order chi connectivity index (χ1) is 13.7. The summed E-state index contributed by atoms with van der Waals surface area (Å²) >= 11 is 0. The number of benzene rings is 1. The summed E-state index contributed by atoms with van der Waals surface area (Å²) in [5.41, 5.74) is 1.30. The van der Waals surface area contributed by atoms with Gasteiger partial charge in [-0.15, -0.1) is 0 Å². The number of carbonyl (C=O) groups excluding carboxylic acids is 2. The molecule has 1 atom stereocenters. The lowest BCUT2D eigenvalue weighted by molar-refractivity contribution is -0.147. The van der Waals surface area contributed by atoms with Gasteiger partial charge in [-0.3, -0.25) is 4.90 Å². The molecule has 0 spiro atoms. The minimum absolute atomic E-state index is 0.271. The second kappa shape index (κ2) is 7.57. The van der Waals surface area contributed by atoms with E-state index in [4.69, 9.17) is 18.8 Å². The van der Waals surface area contributed by atoms with Crippen LogP contribution in [0.15, 0.2) is 18.2 Å². The molecule has 0 radical (unpaired) electrons. The minimum Gasteiger partial charge on any atom is -0.467 e. The van der Waals surface area contributed by atoms with E-state index in [1.54, 1.807) is 20.8 Å². The fraction of sp³-hybridized carbons (Fsp3) is 0.636. The largest absolute Gasteiger partial charge is 0.494 e. The quantitative estimate of drug-likeness (QED) is 0.544. The van der Waals surface area contributed by atoms with Crippen molar-refractivity contribution in [3.05, 3.63) is 29.3 Å². The first-order valence-electron chi connectivity index (χ1n) is 10.3. The molecule has 2 aliphatic rings. The molecule has 164 valence electrons. The van der Waals surface area contributed by atoms with Crippen LogP contribution in [0, 0.1) is 0 Å². The van der Waals surface area contributed by atoms with Crippen LogP contribution >= 0.6 is 0 Å². The lowest BCUT2D eigenvalue weighted by Crippen LogP contribution is -2.51. The van der Waals surface area contributed by atoms with Gasteiger partial charge in [0, 0.05) is 6.42 Å². The Morgan fingerprint density at radius 1 is 1.10 bits per heavy atom. The zero-order valence-electron chi connectivity index (χ0n) is 19.2.